The fourth-order valence-corrected chi connectivity index (χ4v) is 4.18. The van der Waals surface area contributed by atoms with Crippen molar-refractivity contribution in [2.45, 2.75) is 52.4 Å². The van der Waals surface area contributed by atoms with E-state index in [4.69, 9.17) is 0 Å². The van der Waals surface area contributed by atoms with Crippen molar-refractivity contribution in [3.8, 4) is 11.5 Å². The molecule has 0 N–H and O–H groups in total. The van der Waals surface area contributed by atoms with Crippen molar-refractivity contribution in [3.05, 3.63) is 117 Å². The van der Waals surface area contributed by atoms with Gasteiger partial charge in [-0.3, -0.25) is 0 Å². The molecule has 0 fully saturated rings. The van der Waals surface area contributed by atoms with Crippen LogP contribution in [0, 0.1) is 58.2 Å². The minimum absolute atomic E-state index is 0. The van der Waals surface area contributed by atoms with Crippen LogP contribution in [0.3, 0.4) is 0 Å². The average molecular weight is 803 g/mol. The minimum Gasteiger partial charge on any atom is -1.00 e. The van der Waals surface area contributed by atoms with Gasteiger partial charge in [-0.05, 0) is 33.1 Å². The Morgan fingerprint density at radius 2 is 0.686 bits per heavy atom. The molecule has 4 aromatic carbocycles. The minimum atomic E-state index is -2.26. The van der Waals surface area contributed by atoms with Gasteiger partial charge in [-0.1, -0.05) is 89.4 Å². The third-order valence-electron chi connectivity index (χ3n) is 6.75. The van der Waals surface area contributed by atoms with Crippen LogP contribution in [0.2, 0.25) is 0 Å². The fraction of sp³-hybridized carbons (Fsp3) is 0.235. The van der Waals surface area contributed by atoms with Crippen LogP contribution >= 0.6 is 0 Å². The maximum absolute atomic E-state index is 13.6. The van der Waals surface area contributed by atoms with E-state index in [1.165, 1.54) is 12.1 Å². The van der Waals surface area contributed by atoms with Crippen LogP contribution in [0.15, 0.2) is 46.4 Å². The van der Waals surface area contributed by atoms with Crippen LogP contribution in [0.1, 0.15) is 63.8 Å². The molecule has 0 atom stereocenters. The topological polar surface area (TPSA) is 70.8 Å². The molecule has 0 heterocycles. The predicted octanol–water partition coefficient (Wildman–Crippen LogP) is 3.01. The molecule has 0 saturated heterocycles. The summed E-state index contributed by atoms with van der Waals surface area (Å²) >= 11 is 0. The number of hydrogen-bond acceptors (Lipinski definition) is 4. The number of benzene rings is 4. The van der Waals surface area contributed by atoms with Gasteiger partial charge in [0.05, 0.1) is 0 Å². The van der Waals surface area contributed by atoms with E-state index < -0.39 is 91.9 Å². The van der Waals surface area contributed by atoms with E-state index in [0.29, 0.717) is 11.1 Å². The third kappa shape index (κ3) is 10.3. The van der Waals surface area contributed by atoms with Gasteiger partial charge in [0.1, 0.15) is 11.4 Å². The first-order valence-corrected chi connectivity index (χ1v) is 13.8. The van der Waals surface area contributed by atoms with E-state index in [2.05, 4.69) is 9.98 Å². The average Bonchev–Trinajstić information content (AvgIpc) is 3.01. The van der Waals surface area contributed by atoms with Crippen LogP contribution in [0.4, 0.5) is 55.3 Å². The Kier molecular flexibility index (Phi) is 17.0. The largest absolute Gasteiger partial charge is 4.00 e. The van der Waals surface area contributed by atoms with Crippen molar-refractivity contribution in [2.75, 3.05) is 0 Å². The Hall–Kier alpha value is -3.59. The van der Waals surface area contributed by atoms with Crippen LogP contribution in [-0.2, 0) is 32.5 Å². The van der Waals surface area contributed by atoms with E-state index >= 15 is 0 Å². The van der Waals surface area contributed by atoms with Crippen LogP contribution in [0.25, 0.3) is 0 Å². The standard InChI is InChI=1S/2C17H14F5NO.2ClH.Ti/c2*1-17(2,3)9-6-4-5-8(16(9)24)7-23-15-13(21)11(19)10(18)12(20)14(15)22;;;/h2*4-7,24H,1-3H3;2*1H;/q;;;;+4/p-4. The molecule has 17 heteroatoms. The Bertz CT molecular complexity index is 1750. The summed E-state index contributed by atoms with van der Waals surface area (Å²) in [6, 6.07) is 8.96. The van der Waals surface area contributed by atoms with Crippen molar-refractivity contribution < 1.29 is 101 Å². The number of nitrogens with zero attached hydrogens (tertiary/aromatic N) is 2. The van der Waals surface area contributed by atoms with Crippen LogP contribution < -0.4 is 35.0 Å². The fourth-order valence-electron chi connectivity index (χ4n) is 4.18. The summed E-state index contributed by atoms with van der Waals surface area (Å²) in [7, 11) is 0. The van der Waals surface area contributed by atoms with Crippen molar-refractivity contribution in [1.29, 1.82) is 0 Å². The SMILES string of the molecule is CC(C)(C)c1cccc(C=Nc2c(F)c(F)c(F)c(F)c2F)c1[O-].CC(C)(C)c1cccc(C=Nc2c(F)c(F)c(F)c(F)c2F)c1[O-].[Cl-].[Cl-].[Ti+4]. The molecule has 0 aromatic heterocycles. The molecule has 0 amide bonds. The molecule has 0 aliphatic carbocycles. The van der Waals surface area contributed by atoms with Gasteiger partial charge in [-0.25, -0.2) is 53.9 Å². The molecule has 4 rings (SSSR count). The van der Waals surface area contributed by atoms with Crippen LogP contribution in [0.5, 0.6) is 11.5 Å². The Balaban J connectivity index is 0.000000926. The van der Waals surface area contributed by atoms with Gasteiger partial charge in [0.25, 0.3) is 0 Å². The molecule has 0 radical (unpaired) electrons. The molecule has 0 unspecified atom stereocenters. The molecule has 0 aliphatic heterocycles. The molecule has 51 heavy (non-hydrogen) atoms. The Morgan fingerprint density at radius 1 is 0.451 bits per heavy atom. The third-order valence-corrected chi connectivity index (χ3v) is 6.75. The zero-order chi connectivity index (χ0) is 36.5. The van der Waals surface area contributed by atoms with Gasteiger partial charge in [-0.15, -0.1) is 0 Å². The summed E-state index contributed by atoms with van der Waals surface area (Å²) in [6.45, 7) is 10.8. The number of rotatable bonds is 4. The summed E-state index contributed by atoms with van der Waals surface area (Å²) in [5.41, 5.74) is -2.82. The predicted molar refractivity (Wildman–Crippen MR) is 156 cm³/mol. The van der Waals surface area contributed by atoms with E-state index in [1.54, 1.807) is 65.8 Å². The quantitative estimate of drug-likeness (QED) is 0.105. The summed E-state index contributed by atoms with van der Waals surface area (Å²) in [6.07, 6.45) is 1.58. The summed E-state index contributed by atoms with van der Waals surface area (Å²) < 4.78 is 133. The molecule has 0 aliphatic rings. The van der Waals surface area contributed by atoms with E-state index in [1.807, 2.05) is 0 Å². The first-order valence-electron chi connectivity index (χ1n) is 13.8. The van der Waals surface area contributed by atoms with Crippen molar-refractivity contribution in [1.82, 2.24) is 0 Å². The second-order valence-corrected chi connectivity index (χ2v) is 12.3. The van der Waals surface area contributed by atoms with E-state index in [9.17, 15) is 54.1 Å². The van der Waals surface area contributed by atoms with E-state index in [-0.39, 0.29) is 57.7 Å². The number of aliphatic imine (C=N–C) groups is 2. The normalized spacial score (nSPS) is 11.5. The zero-order valence-electron chi connectivity index (χ0n) is 27.4. The summed E-state index contributed by atoms with van der Waals surface area (Å²) in [5, 5.41) is 24.6. The second kappa shape index (κ2) is 18.3. The van der Waals surface area contributed by atoms with Gasteiger partial charge in [0.15, 0.2) is 46.5 Å². The Labute approximate surface area is 314 Å². The van der Waals surface area contributed by atoms with E-state index in [0.717, 1.165) is 12.4 Å². The Morgan fingerprint density at radius 3 is 0.922 bits per heavy atom. The number of halogens is 12. The molecule has 0 saturated carbocycles. The molecule has 272 valence electrons. The van der Waals surface area contributed by atoms with Crippen molar-refractivity contribution in [2.24, 2.45) is 9.98 Å². The van der Waals surface area contributed by atoms with Gasteiger partial charge in [0.2, 0.25) is 11.6 Å². The second-order valence-electron chi connectivity index (χ2n) is 12.3. The van der Waals surface area contributed by atoms with Crippen LogP contribution in [-0.4, -0.2) is 12.4 Å². The molecular weight excluding hydrogens is 777 g/mol. The maximum atomic E-state index is 13.6. The van der Waals surface area contributed by atoms with Gasteiger partial charge in [-0.2, -0.15) is 0 Å². The molecule has 0 spiro atoms. The number of para-hydroxylation sites is 2. The smallest absolute Gasteiger partial charge is 1.00 e. The molecular formula is C34H26Cl2F10N2O2Ti. The van der Waals surface area contributed by atoms with Gasteiger partial charge in [0, 0.05) is 12.4 Å². The zero-order valence-corrected chi connectivity index (χ0v) is 30.4. The molecule has 4 aromatic rings. The van der Waals surface area contributed by atoms with Crippen molar-refractivity contribution in [3.63, 3.8) is 0 Å². The van der Waals surface area contributed by atoms with Crippen molar-refractivity contribution >= 4 is 23.8 Å². The maximum Gasteiger partial charge on any atom is 4.00 e. The monoisotopic (exact) mass is 802 g/mol. The number of hydrogen-bond donors (Lipinski definition) is 0. The first-order chi connectivity index (χ1) is 22.1. The summed E-state index contributed by atoms with van der Waals surface area (Å²) in [4.78, 5) is 6.60. The molecule has 0 bridgehead atoms. The van der Waals surface area contributed by atoms with Gasteiger partial charge < -0.3 is 35.0 Å². The molecule has 4 nitrogen and oxygen atoms in total. The van der Waals surface area contributed by atoms with Gasteiger partial charge >= 0.3 is 21.7 Å². The summed E-state index contributed by atoms with van der Waals surface area (Å²) in [5.74, 6) is -22.0. The first kappa shape index (κ1) is 47.4.